The summed E-state index contributed by atoms with van der Waals surface area (Å²) in [6.45, 7) is 0.540. The van der Waals surface area contributed by atoms with Crippen LogP contribution in [0, 0.1) is 5.92 Å². The van der Waals surface area contributed by atoms with Gasteiger partial charge in [0.25, 0.3) is 5.78 Å². The Hall–Kier alpha value is -1.40. The van der Waals surface area contributed by atoms with E-state index in [1.54, 1.807) is 0 Å². The lowest BCUT2D eigenvalue weighted by Gasteiger charge is -2.06. The van der Waals surface area contributed by atoms with Gasteiger partial charge in [-0.2, -0.15) is 13.2 Å². The fraction of sp³-hybridized carbons (Fsp3) is 0.700. The maximum atomic E-state index is 12.1. The van der Waals surface area contributed by atoms with Crippen molar-refractivity contribution in [2.45, 2.75) is 38.4 Å². The molecule has 0 radical (unpaired) electrons. The summed E-state index contributed by atoms with van der Waals surface area (Å²) in [6, 6.07) is 0. The molecule has 1 aliphatic rings. The van der Waals surface area contributed by atoms with Gasteiger partial charge in [0.1, 0.15) is 0 Å². The molecule has 0 unspecified atom stereocenters. The van der Waals surface area contributed by atoms with E-state index in [1.807, 2.05) is 0 Å². The molecule has 0 amide bonds. The summed E-state index contributed by atoms with van der Waals surface area (Å²) in [5.41, 5.74) is -0.629. The molecule has 1 fully saturated rings. The van der Waals surface area contributed by atoms with Crippen molar-refractivity contribution in [2.24, 2.45) is 5.92 Å². The summed E-state index contributed by atoms with van der Waals surface area (Å²) >= 11 is 0. The topological polar surface area (TPSA) is 47.8 Å². The van der Waals surface area contributed by atoms with E-state index >= 15 is 0 Å². The lowest BCUT2D eigenvalue weighted by Crippen LogP contribution is -2.23. The van der Waals surface area contributed by atoms with E-state index < -0.39 is 17.7 Å². The van der Waals surface area contributed by atoms with E-state index in [0.29, 0.717) is 12.5 Å². The first-order chi connectivity index (χ1) is 7.97. The Morgan fingerprint density at radius 2 is 2.06 bits per heavy atom. The zero-order valence-electron chi connectivity index (χ0n) is 9.07. The molecule has 0 aliphatic heterocycles. The second kappa shape index (κ2) is 4.46. The first-order valence-electron chi connectivity index (χ1n) is 5.48. The van der Waals surface area contributed by atoms with E-state index in [0.717, 1.165) is 31.9 Å². The molecule has 0 spiro atoms. The Labute approximate surface area is 95.8 Å². The number of aromatic nitrogens is 3. The molecule has 0 saturated heterocycles. The summed E-state index contributed by atoms with van der Waals surface area (Å²) < 4.78 is 37.7. The molecule has 0 bridgehead atoms. The maximum Gasteiger partial charge on any atom is 0.456 e. The molecule has 1 heterocycles. The molecule has 0 aromatic carbocycles. The van der Waals surface area contributed by atoms with Gasteiger partial charge in [0.2, 0.25) is 0 Å². The van der Waals surface area contributed by atoms with Crippen molar-refractivity contribution >= 4 is 5.78 Å². The van der Waals surface area contributed by atoms with Crippen LogP contribution >= 0.6 is 0 Å². The monoisotopic (exact) mass is 247 g/mol. The van der Waals surface area contributed by atoms with E-state index in [2.05, 4.69) is 10.3 Å². The Balaban J connectivity index is 2.02. The highest BCUT2D eigenvalue weighted by molar-refractivity contribution is 5.98. The second-order valence-corrected chi connectivity index (χ2v) is 4.30. The van der Waals surface area contributed by atoms with Gasteiger partial charge in [-0.05, 0) is 18.8 Å². The van der Waals surface area contributed by atoms with Crippen LogP contribution in [0.25, 0.3) is 0 Å². The zero-order valence-corrected chi connectivity index (χ0v) is 9.07. The number of carbonyl (C=O) groups is 1. The summed E-state index contributed by atoms with van der Waals surface area (Å²) in [4.78, 5) is 10.9. The maximum absolute atomic E-state index is 12.1. The van der Waals surface area contributed by atoms with E-state index in [1.165, 1.54) is 4.68 Å². The van der Waals surface area contributed by atoms with E-state index in [9.17, 15) is 18.0 Å². The van der Waals surface area contributed by atoms with Gasteiger partial charge in [-0.15, -0.1) is 5.10 Å². The average molecular weight is 247 g/mol. The molecule has 4 nitrogen and oxygen atoms in total. The predicted octanol–water partition coefficient (Wildman–Crippen LogP) is 2.21. The first-order valence-corrected chi connectivity index (χ1v) is 5.48. The Kier molecular flexibility index (Phi) is 3.17. The minimum atomic E-state index is -4.88. The summed E-state index contributed by atoms with van der Waals surface area (Å²) in [6.07, 6.45) is 0.606. The van der Waals surface area contributed by atoms with Gasteiger partial charge in [0.05, 0.1) is 6.20 Å². The minimum absolute atomic E-state index is 0.436. The molecule has 1 saturated carbocycles. The van der Waals surface area contributed by atoms with Crippen molar-refractivity contribution in [1.82, 2.24) is 15.0 Å². The number of halogens is 3. The van der Waals surface area contributed by atoms with Gasteiger partial charge < -0.3 is 0 Å². The van der Waals surface area contributed by atoms with Gasteiger partial charge in [-0.3, -0.25) is 9.48 Å². The zero-order chi connectivity index (χ0) is 12.5. The molecule has 1 aliphatic carbocycles. The smallest absolute Gasteiger partial charge is 0.282 e. The fourth-order valence-corrected chi connectivity index (χ4v) is 2.09. The van der Waals surface area contributed by atoms with Crippen molar-refractivity contribution < 1.29 is 18.0 Å². The largest absolute Gasteiger partial charge is 0.456 e. The number of rotatable bonds is 3. The Morgan fingerprint density at radius 3 is 2.65 bits per heavy atom. The number of hydrogen-bond donors (Lipinski definition) is 0. The summed E-state index contributed by atoms with van der Waals surface area (Å²) in [5.74, 6) is -1.50. The molecule has 1 aromatic rings. The highest BCUT2D eigenvalue weighted by Crippen LogP contribution is 2.26. The number of Topliss-reactive ketones (excluding diaryl/α,β-unsaturated/α-hetero) is 1. The summed E-state index contributed by atoms with van der Waals surface area (Å²) in [5, 5.41) is 6.83. The van der Waals surface area contributed by atoms with Crippen molar-refractivity contribution in [1.29, 1.82) is 0 Å². The lowest BCUT2D eigenvalue weighted by molar-refractivity contribution is -0.0888. The predicted molar refractivity (Wildman–Crippen MR) is 52.4 cm³/mol. The molecule has 2 rings (SSSR count). The van der Waals surface area contributed by atoms with Crippen LogP contribution in [0.3, 0.4) is 0 Å². The summed E-state index contributed by atoms with van der Waals surface area (Å²) in [7, 11) is 0. The van der Waals surface area contributed by atoms with E-state index in [-0.39, 0.29) is 0 Å². The second-order valence-electron chi connectivity index (χ2n) is 4.30. The highest BCUT2D eigenvalue weighted by atomic mass is 19.4. The van der Waals surface area contributed by atoms with Crippen molar-refractivity contribution in [3.8, 4) is 0 Å². The number of hydrogen-bond acceptors (Lipinski definition) is 3. The van der Waals surface area contributed by atoms with Crippen LogP contribution < -0.4 is 0 Å². The van der Waals surface area contributed by atoms with Crippen LogP contribution in [-0.2, 0) is 6.54 Å². The fourth-order valence-electron chi connectivity index (χ4n) is 2.09. The number of carbonyl (C=O) groups excluding carboxylic acids is 1. The van der Waals surface area contributed by atoms with Crippen LogP contribution in [0.1, 0.15) is 36.2 Å². The van der Waals surface area contributed by atoms with Crippen molar-refractivity contribution in [3.05, 3.63) is 11.9 Å². The molecule has 0 atom stereocenters. The minimum Gasteiger partial charge on any atom is -0.282 e. The third kappa shape index (κ3) is 2.83. The number of alkyl halides is 3. The SMILES string of the molecule is O=C(c1cn(CC2CCCC2)nn1)C(F)(F)F. The van der Waals surface area contributed by atoms with Crippen LogP contribution in [0.5, 0.6) is 0 Å². The van der Waals surface area contributed by atoms with Gasteiger partial charge in [-0.25, -0.2) is 0 Å². The molecule has 0 N–H and O–H groups in total. The number of ketones is 1. The molecule has 7 heteroatoms. The average Bonchev–Trinajstić information content (AvgIpc) is 2.87. The highest BCUT2D eigenvalue weighted by Gasteiger charge is 2.41. The standard InChI is InChI=1S/C10H12F3N3O/c11-10(12,13)9(17)8-6-16(15-14-8)5-7-3-1-2-4-7/h6-7H,1-5H2. The van der Waals surface area contributed by atoms with Crippen LogP contribution in [-0.4, -0.2) is 27.0 Å². The molecule has 17 heavy (non-hydrogen) atoms. The first kappa shape index (κ1) is 12.1. The Bertz CT molecular complexity index is 407. The third-order valence-corrected chi connectivity index (χ3v) is 2.95. The Morgan fingerprint density at radius 1 is 1.41 bits per heavy atom. The lowest BCUT2D eigenvalue weighted by atomic mass is 10.1. The quantitative estimate of drug-likeness (QED) is 0.769. The van der Waals surface area contributed by atoms with E-state index in [4.69, 9.17) is 0 Å². The van der Waals surface area contributed by atoms with Crippen molar-refractivity contribution in [2.75, 3.05) is 0 Å². The van der Waals surface area contributed by atoms with Crippen LogP contribution in [0.2, 0.25) is 0 Å². The van der Waals surface area contributed by atoms with Gasteiger partial charge in [0.15, 0.2) is 5.69 Å². The number of nitrogens with zero attached hydrogens (tertiary/aromatic N) is 3. The van der Waals surface area contributed by atoms with Gasteiger partial charge >= 0.3 is 6.18 Å². The van der Waals surface area contributed by atoms with Crippen LogP contribution in [0.15, 0.2) is 6.20 Å². The molecular weight excluding hydrogens is 235 g/mol. The van der Waals surface area contributed by atoms with Gasteiger partial charge in [0, 0.05) is 6.54 Å². The van der Waals surface area contributed by atoms with Crippen molar-refractivity contribution in [3.63, 3.8) is 0 Å². The van der Waals surface area contributed by atoms with Crippen LogP contribution in [0.4, 0.5) is 13.2 Å². The molecular formula is C10H12F3N3O. The molecule has 1 aromatic heterocycles. The van der Waals surface area contributed by atoms with Gasteiger partial charge in [-0.1, -0.05) is 18.1 Å². The normalized spacial score (nSPS) is 17.6. The molecule has 94 valence electrons. The third-order valence-electron chi connectivity index (χ3n) is 2.95.